The number of halogens is 4. The van der Waals surface area contributed by atoms with Crippen molar-refractivity contribution in [3.8, 4) is 17.4 Å². The zero-order valence-electron chi connectivity index (χ0n) is 15.8. The van der Waals surface area contributed by atoms with E-state index >= 15 is 0 Å². The van der Waals surface area contributed by atoms with Crippen LogP contribution in [0.15, 0.2) is 36.5 Å². The molecule has 1 aromatic carbocycles. The predicted molar refractivity (Wildman–Crippen MR) is 102 cm³/mol. The van der Waals surface area contributed by atoms with Crippen molar-refractivity contribution in [3.05, 3.63) is 47.1 Å². The van der Waals surface area contributed by atoms with Crippen LogP contribution >= 0.6 is 11.6 Å². The van der Waals surface area contributed by atoms with Gasteiger partial charge in [0.25, 0.3) is 5.91 Å². The number of ether oxygens (including phenoxy) is 2. The van der Waals surface area contributed by atoms with Crippen LogP contribution in [0.5, 0.6) is 17.4 Å². The summed E-state index contributed by atoms with van der Waals surface area (Å²) in [6.07, 6.45) is -2.68. The maximum Gasteiger partial charge on any atom is 0.417 e. The van der Waals surface area contributed by atoms with Gasteiger partial charge in [-0.3, -0.25) is 10.2 Å². The molecule has 1 amide bonds. The van der Waals surface area contributed by atoms with Crippen LogP contribution in [-0.2, 0) is 11.0 Å². The Balaban J connectivity index is 1.92. The average Bonchev–Trinajstić information content (AvgIpc) is 2.67. The van der Waals surface area contributed by atoms with Gasteiger partial charge >= 0.3 is 6.18 Å². The number of unbranched alkanes of at least 4 members (excludes halogenated alkanes) is 1. The number of pyridine rings is 1. The Morgan fingerprint density at radius 1 is 1.24 bits per heavy atom. The van der Waals surface area contributed by atoms with Gasteiger partial charge in [0.2, 0.25) is 5.88 Å². The second kappa shape index (κ2) is 10.3. The van der Waals surface area contributed by atoms with Crippen molar-refractivity contribution in [3.63, 3.8) is 0 Å². The van der Waals surface area contributed by atoms with Gasteiger partial charge in [-0.15, -0.1) is 0 Å². The quantitative estimate of drug-likeness (QED) is 0.443. The molecule has 10 heteroatoms. The van der Waals surface area contributed by atoms with E-state index in [1.165, 1.54) is 12.1 Å². The molecule has 6 nitrogen and oxygen atoms in total. The van der Waals surface area contributed by atoms with Crippen molar-refractivity contribution >= 4 is 17.5 Å². The number of hydrazine groups is 1. The van der Waals surface area contributed by atoms with E-state index in [0.29, 0.717) is 24.2 Å². The molecule has 0 saturated heterocycles. The summed E-state index contributed by atoms with van der Waals surface area (Å²) in [6.45, 7) is 4.32. The molecule has 1 heterocycles. The van der Waals surface area contributed by atoms with E-state index in [1.54, 1.807) is 19.1 Å². The molecule has 0 aliphatic rings. The third kappa shape index (κ3) is 7.10. The van der Waals surface area contributed by atoms with Crippen LogP contribution < -0.4 is 20.3 Å². The summed E-state index contributed by atoms with van der Waals surface area (Å²) >= 11 is 5.82. The molecule has 158 valence electrons. The third-order valence-corrected chi connectivity index (χ3v) is 3.99. The molecule has 0 saturated carbocycles. The maximum absolute atomic E-state index is 12.6. The van der Waals surface area contributed by atoms with Gasteiger partial charge in [-0.25, -0.2) is 10.4 Å². The van der Waals surface area contributed by atoms with Crippen LogP contribution in [0.1, 0.15) is 32.3 Å². The Bertz CT molecular complexity index is 817. The van der Waals surface area contributed by atoms with Gasteiger partial charge in [0, 0.05) is 12.7 Å². The summed E-state index contributed by atoms with van der Waals surface area (Å²) in [4.78, 5) is 15.5. The van der Waals surface area contributed by atoms with Crippen LogP contribution in [0.25, 0.3) is 0 Å². The topological polar surface area (TPSA) is 72.5 Å². The van der Waals surface area contributed by atoms with Crippen LogP contribution in [0, 0.1) is 0 Å². The molecule has 0 aliphatic heterocycles. The Labute approximate surface area is 171 Å². The lowest BCUT2D eigenvalue weighted by Crippen LogP contribution is -2.44. The fourth-order valence-corrected chi connectivity index (χ4v) is 2.33. The normalized spacial score (nSPS) is 12.3. The molecule has 2 rings (SSSR count). The van der Waals surface area contributed by atoms with E-state index in [0.717, 1.165) is 18.9 Å². The molecule has 1 atom stereocenters. The summed E-state index contributed by atoms with van der Waals surface area (Å²) < 4.78 is 48.9. The molecule has 0 aliphatic carbocycles. The zero-order chi connectivity index (χ0) is 21.4. The van der Waals surface area contributed by atoms with E-state index in [9.17, 15) is 18.0 Å². The number of amides is 1. The van der Waals surface area contributed by atoms with Gasteiger partial charge in [0.1, 0.15) is 16.5 Å². The number of nitrogens with one attached hydrogen (secondary N) is 2. The second-order valence-electron chi connectivity index (χ2n) is 6.11. The minimum Gasteiger partial charge on any atom is -0.481 e. The molecule has 29 heavy (non-hydrogen) atoms. The first-order chi connectivity index (χ1) is 13.7. The van der Waals surface area contributed by atoms with Crippen molar-refractivity contribution in [2.45, 2.75) is 39.0 Å². The lowest BCUT2D eigenvalue weighted by atomic mass is 10.3. The van der Waals surface area contributed by atoms with Gasteiger partial charge in [0.05, 0.1) is 5.56 Å². The lowest BCUT2D eigenvalue weighted by molar-refractivity contribution is -0.137. The van der Waals surface area contributed by atoms with Crippen molar-refractivity contribution in [2.75, 3.05) is 6.54 Å². The zero-order valence-corrected chi connectivity index (χ0v) is 16.6. The molecule has 1 aromatic heterocycles. The Morgan fingerprint density at radius 3 is 2.48 bits per heavy atom. The molecular weight excluding hydrogens is 411 g/mol. The first-order valence-electron chi connectivity index (χ1n) is 8.90. The number of carbonyl (C=O) groups excluding carboxylic acids is 1. The molecule has 1 unspecified atom stereocenters. The van der Waals surface area contributed by atoms with Gasteiger partial charge in [-0.1, -0.05) is 24.9 Å². The van der Waals surface area contributed by atoms with Crippen LogP contribution in [0.2, 0.25) is 5.02 Å². The van der Waals surface area contributed by atoms with Gasteiger partial charge < -0.3 is 9.47 Å². The highest BCUT2D eigenvalue weighted by molar-refractivity contribution is 6.31. The van der Waals surface area contributed by atoms with E-state index < -0.39 is 17.8 Å². The molecular formula is C19H21ClF3N3O3. The summed E-state index contributed by atoms with van der Waals surface area (Å²) in [5.41, 5.74) is 4.42. The average molecular weight is 432 g/mol. The largest absolute Gasteiger partial charge is 0.481 e. The number of rotatable bonds is 9. The number of nitrogens with zero attached hydrogens (tertiary/aromatic N) is 1. The molecule has 2 N–H and O–H groups in total. The molecule has 0 bridgehead atoms. The standard InChI is InChI=1S/C19H21ClF3N3O3/c1-3-4-9-25-26-17(27)12(2)28-14-5-7-15(8-6-14)29-18-16(20)10-13(11-24-18)19(21,22)23/h5-8,10-12,25H,3-4,9H2,1-2H3,(H,26,27). The minimum absolute atomic E-state index is 0.153. The third-order valence-electron chi connectivity index (χ3n) is 3.72. The highest BCUT2D eigenvalue weighted by Crippen LogP contribution is 2.34. The van der Waals surface area contributed by atoms with E-state index in [4.69, 9.17) is 21.1 Å². The summed E-state index contributed by atoms with van der Waals surface area (Å²) in [5.74, 6) is 0.242. The van der Waals surface area contributed by atoms with Crippen molar-refractivity contribution in [1.82, 2.24) is 15.8 Å². The maximum atomic E-state index is 12.6. The Hall–Kier alpha value is -2.52. The van der Waals surface area contributed by atoms with Gasteiger partial charge in [-0.2, -0.15) is 13.2 Å². The number of aromatic nitrogens is 1. The number of carbonyl (C=O) groups is 1. The number of alkyl halides is 3. The highest BCUT2D eigenvalue weighted by atomic mass is 35.5. The molecule has 0 fully saturated rings. The van der Waals surface area contributed by atoms with Crippen LogP contribution in [0.3, 0.4) is 0 Å². The Kier molecular flexibility index (Phi) is 8.10. The lowest BCUT2D eigenvalue weighted by Gasteiger charge is -2.15. The SMILES string of the molecule is CCCCNNC(=O)C(C)Oc1ccc(Oc2ncc(C(F)(F)F)cc2Cl)cc1. The van der Waals surface area contributed by atoms with Crippen molar-refractivity contribution in [2.24, 2.45) is 0 Å². The Morgan fingerprint density at radius 2 is 1.90 bits per heavy atom. The van der Waals surface area contributed by atoms with Crippen LogP contribution in [0.4, 0.5) is 13.2 Å². The van der Waals surface area contributed by atoms with Gasteiger partial charge in [-0.05, 0) is 43.7 Å². The van der Waals surface area contributed by atoms with Gasteiger partial charge in [0.15, 0.2) is 6.10 Å². The van der Waals surface area contributed by atoms with Crippen molar-refractivity contribution in [1.29, 1.82) is 0 Å². The number of hydrogen-bond donors (Lipinski definition) is 2. The first-order valence-corrected chi connectivity index (χ1v) is 9.28. The first kappa shape index (κ1) is 22.8. The summed E-state index contributed by atoms with van der Waals surface area (Å²) in [5, 5.41) is -0.263. The van der Waals surface area contributed by atoms with E-state index in [1.807, 2.05) is 6.92 Å². The van der Waals surface area contributed by atoms with E-state index in [2.05, 4.69) is 15.8 Å². The summed E-state index contributed by atoms with van der Waals surface area (Å²) in [6, 6.07) is 6.91. The van der Waals surface area contributed by atoms with Crippen molar-refractivity contribution < 1.29 is 27.4 Å². The summed E-state index contributed by atoms with van der Waals surface area (Å²) in [7, 11) is 0. The molecule has 0 radical (unpaired) electrons. The number of benzene rings is 1. The fourth-order valence-electron chi connectivity index (χ4n) is 2.13. The molecule has 2 aromatic rings. The monoisotopic (exact) mass is 431 g/mol. The van der Waals surface area contributed by atoms with Crippen LogP contribution in [-0.4, -0.2) is 23.5 Å². The minimum atomic E-state index is -4.54. The highest BCUT2D eigenvalue weighted by Gasteiger charge is 2.31. The second-order valence-corrected chi connectivity index (χ2v) is 6.52. The number of hydrogen-bond acceptors (Lipinski definition) is 5. The molecule has 0 spiro atoms. The fraction of sp³-hybridized carbons (Fsp3) is 0.368. The van der Waals surface area contributed by atoms with E-state index in [-0.39, 0.29) is 16.8 Å². The smallest absolute Gasteiger partial charge is 0.417 e. The predicted octanol–water partition coefficient (Wildman–Crippen LogP) is 4.73.